The molecule has 2 aromatic carbocycles. The van der Waals surface area contributed by atoms with Gasteiger partial charge in [-0.1, -0.05) is 18.2 Å². The van der Waals surface area contributed by atoms with Crippen LogP contribution in [0.5, 0.6) is 0 Å². The molecular weight excluding hydrogens is 397 g/mol. The van der Waals surface area contributed by atoms with Gasteiger partial charge in [0, 0.05) is 19.9 Å². The molecule has 1 atom stereocenters. The lowest BCUT2D eigenvalue weighted by atomic mass is 10.1. The van der Waals surface area contributed by atoms with Crippen LogP contribution in [0, 0.1) is 17.5 Å². The van der Waals surface area contributed by atoms with Crippen LogP contribution in [-0.2, 0) is 16.0 Å². The van der Waals surface area contributed by atoms with Crippen molar-refractivity contribution in [2.75, 3.05) is 7.05 Å². The van der Waals surface area contributed by atoms with Gasteiger partial charge in [-0.05, 0) is 42.0 Å². The van der Waals surface area contributed by atoms with E-state index in [2.05, 4.69) is 10.6 Å². The fourth-order valence-electron chi connectivity index (χ4n) is 2.92. The lowest BCUT2D eigenvalue weighted by Crippen LogP contribution is -2.39. The first-order valence-corrected chi connectivity index (χ1v) is 9.18. The highest BCUT2D eigenvalue weighted by Crippen LogP contribution is 2.25. The lowest BCUT2D eigenvalue weighted by Gasteiger charge is -2.18. The summed E-state index contributed by atoms with van der Waals surface area (Å²) in [6, 6.07) is 11.2. The van der Waals surface area contributed by atoms with Crippen molar-refractivity contribution in [3.63, 3.8) is 0 Å². The smallest absolute Gasteiger partial charge is 0.246 e. The van der Waals surface area contributed by atoms with E-state index < -0.39 is 35.3 Å². The second kappa shape index (κ2) is 9.30. The minimum atomic E-state index is -1.18. The van der Waals surface area contributed by atoms with Gasteiger partial charge in [0.15, 0.2) is 11.6 Å². The van der Waals surface area contributed by atoms with Gasteiger partial charge in [0.1, 0.15) is 23.4 Å². The third-order valence-electron chi connectivity index (χ3n) is 4.49. The SMILES string of the molecule is CNC(=O)C(NC(=O)CCc1ccc(-c2ccccc2F)o1)c1ccc(F)c(F)c1. The number of likely N-dealkylation sites (N-methyl/N-ethyl adjacent to an activating group) is 1. The van der Waals surface area contributed by atoms with E-state index in [0.717, 1.165) is 12.1 Å². The third-order valence-corrected chi connectivity index (χ3v) is 4.49. The highest BCUT2D eigenvalue weighted by Gasteiger charge is 2.23. The number of carbonyl (C=O) groups excluding carboxylic acids is 2. The summed E-state index contributed by atoms with van der Waals surface area (Å²) in [7, 11) is 1.37. The minimum absolute atomic E-state index is 0.0264. The van der Waals surface area contributed by atoms with Gasteiger partial charge < -0.3 is 15.1 Å². The lowest BCUT2D eigenvalue weighted by molar-refractivity contribution is -0.128. The van der Waals surface area contributed by atoms with Crippen LogP contribution in [0.25, 0.3) is 11.3 Å². The van der Waals surface area contributed by atoms with Gasteiger partial charge >= 0.3 is 0 Å². The molecule has 0 aliphatic heterocycles. The van der Waals surface area contributed by atoms with Crippen LogP contribution in [0.2, 0.25) is 0 Å². The van der Waals surface area contributed by atoms with E-state index in [9.17, 15) is 22.8 Å². The molecule has 0 spiro atoms. The highest BCUT2D eigenvalue weighted by atomic mass is 19.2. The summed E-state index contributed by atoms with van der Waals surface area (Å²) >= 11 is 0. The molecule has 5 nitrogen and oxygen atoms in total. The number of hydrogen-bond donors (Lipinski definition) is 2. The summed E-state index contributed by atoms with van der Waals surface area (Å²) in [4.78, 5) is 24.5. The Morgan fingerprint density at radius 1 is 0.967 bits per heavy atom. The second-order valence-electron chi connectivity index (χ2n) is 6.53. The van der Waals surface area contributed by atoms with Gasteiger partial charge in [0.2, 0.25) is 11.8 Å². The molecule has 0 saturated heterocycles. The van der Waals surface area contributed by atoms with Crippen molar-refractivity contribution in [3.8, 4) is 11.3 Å². The van der Waals surface area contributed by atoms with Crippen LogP contribution >= 0.6 is 0 Å². The molecule has 30 heavy (non-hydrogen) atoms. The van der Waals surface area contributed by atoms with Crippen LogP contribution in [0.15, 0.2) is 59.0 Å². The zero-order valence-electron chi connectivity index (χ0n) is 16.0. The average Bonchev–Trinajstić information content (AvgIpc) is 3.21. The van der Waals surface area contributed by atoms with E-state index >= 15 is 0 Å². The molecular formula is C22H19F3N2O3. The summed E-state index contributed by atoms with van der Waals surface area (Å²) in [5, 5.41) is 4.89. The molecule has 0 aliphatic rings. The van der Waals surface area contributed by atoms with Crippen molar-refractivity contribution in [1.29, 1.82) is 0 Å². The van der Waals surface area contributed by atoms with Crippen LogP contribution in [0.3, 0.4) is 0 Å². The predicted molar refractivity (Wildman–Crippen MR) is 104 cm³/mol. The molecule has 0 bridgehead atoms. The summed E-state index contributed by atoms with van der Waals surface area (Å²) in [5.74, 6) is -2.85. The van der Waals surface area contributed by atoms with Crippen LogP contribution < -0.4 is 10.6 Å². The first-order chi connectivity index (χ1) is 14.4. The van der Waals surface area contributed by atoms with Crippen molar-refractivity contribution in [1.82, 2.24) is 10.6 Å². The minimum Gasteiger partial charge on any atom is -0.461 e. The Hall–Kier alpha value is -3.55. The van der Waals surface area contributed by atoms with Gasteiger partial charge in [0.05, 0.1) is 5.56 Å². The first kappa shape index (κ1) is 21.2. The molecule has 0 radical (unpaired) electrons. The molecule has 8 heteroatoms. The molecule has 2 amide bonds. The number of rotatable bonds is 7. The maximum Gasteiger partial charge on any atom is 0.246 e. The molecule has 1 unspecified atom stereocenters. The Morgan fingerprint density at radius 3 is 2.43 bits per heavy atom. The zero-order chi connectivity index (χ0) is 21.7. The van der Waals surface area contributed by atoms with E-state index in [0.29, 0.717) is 17.1 Å². The second-order valence-corrected chi connectivity index (χ2v) is 6.53. The van der Waals surface area contributed by atoms with Crippen molar-refractivity contribution in [3.05, 3.63) is 83.4 Å². The molecule has 3 aromatic rings. The largest absolute Gasteiger partial charge is 0.461 e. The molecule has 1 aromatic heterocycles. The fraction of sp³-hybridized carbons (Fsp3) is 0.182. The number of benzene rings is 2. The maximum absolute atomic E-state index is 13.9. The monoisotopic (exact) mass is 416 g/mol. The highest BCUT2D eigenvalue weighted by molar-refractivity contribution is 5.88. The topological polar surface area (TPSA) is 71.3 Å². The van der Waals surface area contributed by atoms with Crippen molar-refractivity contribution < 1.29 is 27.2 Å². The number of aryl methyl sites for hydroxylation is 1. The molecule has 3 rings (SSSR count). The first-order valence-electron chi connectivity index (χ1n) is 9.18. The number of amides is 2. The fourth-order valence-corrected chi connectivity index (χ4v) is 2.92. The quantitative estimate of drug-likeness (QED) is 0.614. The normalized spacial score (nSPS) is 11.7. The van der Waals surface area contributed by atoms with Crippen LogP contribution in [0.1, 0.15) is 23.8 Å². The molecule has 0 fully saturated rings. The van der Waals surface area contributed by atoms with Crippen molar-refractivity contribution in [2.24, 2.45) is 0 Å². The number of nitrogens with one attached hydrogen (secondary N) is 2. The number of furan rings is 1. The summed E-state index contributed by atoms with van der Waals surface area (Å²) in [6.07, 6.45) is 0.180. The molecule has 2 N–H and O–H groups in total. The Kier molecular flexibility index (Phi) is 6.56. The Balaban J connectivity index is 1.65. The van der Waals surface area contributed by atoms with E-state index in [1.54, 1.807) is 30.3 Å². The maximum atomic E-state index is 13.9. The van der Waals surface area contributed by atoms with Gasteiger partial charge in [0.25, 0.3) is 0 Å². The summed E-state index contributed by atoms with van der Waals surface area (Å²) < 4.78 is 46.1. The predicted octanol–water partition coefficient (Wildman–Crippen LogP) is 3.90. The van der Waals surface area contributed by atoms with E-state index in [1.807, 2.05) is 0 Å². The summed E-state index contributed by atoms with van der Waals surface area (Å²) in [5.41, 5.74) is 0.424. The van der Waals surface area contributed by atoms with Gasteiger partial charge in [-0.2, -0.15) is 0 Å². The van der Waals surface area contributed by atoms with Crippen molar-refractivity contribution in [2.45, 2.75) is 18.9 Å². The third kappa shape index (κ3) is 4.89. The van der Waals surface area contributed by atoms with E-state index in [1.165, 1.54) is 19.2 Å². The Bertz CT molecular complexity index is 1070. The van der Waals surface area contributed by atoms with Crippen LogP contribution in [-0.4, -0.2) is 18.9 Å². The summed E-state index contributed by atoms with van der Waals surface area (Å²) in [6.45, 7) is 0. The van der Waals surface area contributed by atoms with Gasteiger partial charge in [-0.3, -0.25) is 9.59 Å². The standard InChI is InChI=1S/C22H19F3N2O3/c1-26-22(29)21(13-6-9-17(24)18(25)12-13)27-20(28)11-8-14-7-10-19(30-14)15-4-2-3-5-16(15)23/h2-7,9-10,12,21H,8,11H2,1H3,(H,26,29)(H,27,28). The number of hydrogen-bond acceptors (Lipinski definition) is 3. The van der Waals surface area contributed by atoms with Crippen LogP contribution in [0.4, 0.5) is 13.2 Å². The number of halogens is 3. The molecule has 156 valence electrons. The molecule has 0 saturated carbocycles. The molecule has 1 heterocycles. The Morgan fingerprint density at radius 2 is 1.73 bits per heavy atom. The van der Waals surface area contributed by atoms with E-state index in [4.69, 9.17) is 4.42 Å². The van der Waals surface area contributed by atoms with Crippen molar-refractivity contribution >= 4 is 11.8 Å². The zero-order valence-corrected chi connectivity index (χ0v) is 16.0. The Labute approximate surface area is 170 Å². The van der Waals surface area contributed by atoms with Gasteiger partial charge in [-0.25, -0.2) is 13.2 Å². The number of carbonyl (C=O) groups is 2. The molecule has 0 aliphatic carbocycles. The van der Waals surface area contributed by atoms with E-state index in [-0.39, 0.29) is 18.4 Å². The van der Waals surface area contributed by atoms with Gasteiger partial charge in [-0.15, -0.1) is 0 Å². The average molecular weight is 416 g/mol.